The third kappa shape index (κ3) is 10.2. The minimum absolute atomic E-state index is 0.0355. The molecule has 0 spiro atoms. The summed E-state index contributed by atoms with van der Waals surface area (Å²) in [5.41, 5.74) is 3.39. The maximum absolute atomic E-state index is 13.4. The number of aromatic nitrogens is 1. The molecule has 1 aromatic carbocycles. The summed E-state index contributed by atoms with van der Waals surface area (Å²) < 4.78 is 5.30. The first-order chi connectivity index (χ1) is 21.4. The summed E-state index contributed by atoms with van der Waals surface area (Å²) in [7, 11) is 0. The van der Waals surface area contributed by atoms with Crippen LogP contribution in [-0.4, -0.2) is 74.9 Å². The number of fused-ring (bicyclic) bond motifs is 1. The smallest absolute Gasteiger partial charge is 0.325 e. The van der Waals surface area contributed by atoms with Gasteiger partial charge in [-0.05, 0) is 83.4 Å². The highest BCUT2D eigenvalue weighted by Gasteiger charge is 2.35. The Morgan fingerprint density at radius 3 is 2.43 bits per heavy atom. The van der Waals surface area contributed by atoms with Crippen LogP contribution in [0.25, 0.3) is 16.8 Å². The third-order valence-corrected chi connectivity index (χ3v) is 7.84. The van der Waals surface area contributed by atoms with Gasteiger partial charge in [0.2, 0.25) is 11.8 Å². The van der Waals surface area contributed by atoms with Gasteiger partial charge in [-0.1, -0.05) is 38.1 Å². The number of alkyl halides is 1. The molecule has 2 aromatic rings. The first kappa shape index (κ1) is 36.9. The third-order valence-electron chi connectivity index (χ3n) is 7.73. The lowest BCUT2D eigenvalue weighted by Gasteiger charge is -2.35. The Bertz CT molecular complexity index is 1450. The minimum atomic E-state index is -0.965. The highest BCUT2D eigenvalue weighted by molar-refractivity contribution is 6.23. The summed E-state index contributed by atoms with van der Waals surface area (Å²) in [5.74, 6) is -2.00. The van der Waals surface area contributed by atoms with Crippen molar-refractivity contribution in [2.75, 3.05) is 13.2 Å². The predicted octanol–water partition coefficient (Wildman–Crippen LogP) is 4.03. The zero-order valence-electron chi connectivity index (χ0n) is 28.0. The Morgan fingerprint density at radius 1 is 1.11 bits per heavy atom. The van der Waals surface area contributed by atoms with Gasteiger partial charge in [-0.3, -0.25) is 29.2 Å². The Hall–Kier alpha value is -3.54. The standard InChI is InChI=1S/C34H48ClN5O6/c1-20(2)28(29(42)37-21(3)30(43)40-15-9-10-26(39-40)31(44)46-19-34(7,8)35)38-32(45)33(5,6)14-13-23-11-12-24-18-36-27(22(4)41)17-25(24)16-23/h11-14,16-18,20-22,26,28,39,41H,9-10,15,19H2,1-8H3,(H,37,42)(H,38,45)/b14-13+/t21?,22-,26?,28+/m1/s1. The summed E-state index contributed by atoms with van der Waals surface area (Å²) in [6.45, 7) is 14.2. The number of carbonyl (C=O) groups excluding carboxylic acids is 4. The molecule has 0 saturated carbocycles. The van der Waals surface area contributed by atoms with Gasteiger partial charge in [0, 0.05) is 18.1 Å². The molecule has 0 bridgehead atoms. The molecular weight excluding hydrogens is 610 g/mol. The van der Waals surface area contributed by atoms with Crippen LogP contribution in [0.3, 0.4) is 0 Å². The number of hydrogen-bond acceptors (Lipinski definition) is 8. The summed E-state index contributed by atoms with van der Waals surface area (Å²) in [4.78, 5) is 56.0. The second kappa shape index (κ2) is 15.4. The number of carbonyl (C=O) groups is 4. The van der Waals surface area contributed by atoms with E-state index >= 15 is 0 Å². The SMILES string of the molecule is CC(NC(=O)[C@@H](NC(=O)C(C)(C)/C=C/c1ccc2cnc([C@@H](C)O)cc2c1)C(C)C)C(=O)N1CCCC(C(=O)OCC(C)(C)Cl)N1. The van der Waals surface area contributed by atoms with E-state index < -0.39 is 52.3 Å². The first-order valence-corrected chi connectivity index (χ1v) is 16.1. The van der Waals surface area contributed by atoms with Gasteiger partial charge in [0.1, 0.15) is 24.7 Å². The number of pyridine rings is 1. The summed E-state index contributed by atoms with van der Waals surface area (Å²) >= 11 is 6.12. The van der Waals surface area contributed by atoms with E-state index in [0.717, 1.165) is 16.3 Å². The Morgan fingerprint density at radius 2 is 1.80 bits per heavy atom. The van der Waals surface area contributed by atoms with Crippen LogP contribution < -0.4 is 16.1 Å². The Balaban J connectivity index is 1.62. The van der Waals surface area contributed by atoms with Crippen LogP contribution in [0, 0.1) is 11.3 Å². The van der Waals surface area contributed by atoms with Crippen LogP contribution in [0.5, 0.6) is 0 Å². The molecule has 1 aliphatic heterocycles. The zero-order valence-corrected chi connectivity index (χ0v) is 28.8. The average Bonchev–Trinajstić information content (AvgIpc) is 2.99. The number of benzene rings is 1. The molecule has 11 nitrogen and oxygen atoms in total. The van der Waals surface area contributed by atoms with Gasteiger partial charge >= 0.3 is 5.97 Å². The lowest BCUT2D eigenvalue weighted by atomic mass is 9.89. The largest absolute Gasteiger partial charge is 0.463 e. The highest BCUT2D eigenvalue weighted by Crippen LogP contribution is 2.24. The zero-order chi connectivity index (χ0) is 34.4. The molecule has 4 N–H and O–H groups in total. The van der Waals surface area contributed by atoms with Crippen molar-refractivity contribution >= 4 is 52.1 Å². The number of esters is 1. The van der Waals surface area contributed by atoms with Crippen molar-refractivity contribution in [3.8, 4) is 0 Å². The molecule has 12 heteroatoms. The van der Waals surface area contributed by atoms with Crippen LogP contribution >= 0.6 is 11.6 Å². The number of amides is 3. The fourth-order valence-corrected chi connectivity index (χ4v) is 4.86. The van der Waals surface area contributed by atoms with Crippen molar-refractivity contribution in [2.45, 2.75) is 97.3 Å². The second-order valence-electron chi connectivity index (χ2n) is 13.5. The van der Waals surface area contributed by atoms with E-state index in [1.807, 2.05) is 44.2 Å². The van der Waals surface area contributed by atoms with Crippen LogP contribution in [-0.2, 0) is 23.9 Å². The Kier molecular flexibility index (Phi) is 12.3. The van der Waals surface area contributed by atoms with Crippen molar-refractivity contribution < 1.29 is 29.0 Å². The molecule has 1 fully saturated rings. The van der Waals surface area contributed by atoms with E-state index in [-0.39, 0.29) is 18.4 Å². The van der Waals surface area contributed by atoms with E-state index in [1.54, 1.807) is 53.8 Å². The van der Waals surface area contributed by atoms with Gasteiger partial charge in [0.25, 0.3) is 5.91 Å². The monoisotopic (exact) mass is 657 g/mol. The number of ether oxygens (including phenoxy) is 1. The number of aliphatic hydroxyl groups excluding tert-OH is 1. The molecule has 252 valence electrons. The number of hydrazine groups is 1. The molecule has 0 radical (unpaired) electrons. The van der Waals surface area contributed by atoms with Gasteiger partial charge in [-0.2, -0.15) is 0 Å². The molecular formula is C34H48ClN5O6. The second-order valence-corrected chi connectivity index (χ2v) is 14.5. The highest BCUT2D eigenvalue weighted by atomic mass is 35.5. The van der Waals surface area contributed by atoms with E-state index in [1.165, 1.54) is 5.01 Å². The van der Waals surface area contributed by atoms with E-state index in [9.17, 15) is 24.3 Å². The number of hydrogen-bond donors (Lipinski definition) is 4. The molecule has 1 aliphatic rings. The summed E-state index contributed by atoms with van der Waals surface area (Å²) in [6, 6.07) is 5.13. The van der Waals surface area contributed by atoms with Gasteiger partial charge in [0.05, 0.1) is 22.1 Å². The molecule has 2 unspecified atom stereocenters. The molecule has 0 aliphatic carbocycles. The van der Waals surface area contributed by atoms with Crippen molar-refractivity contribution in [2.24, 2.45) is 11.3 Å². The molecule has 1 saturated heterocycles. The Labute approximate surface area is 276 Å². The van der Waals surface area contributed by atoms with Gasteiger partial charge in [-0.15, -0.1) is 11.6 Å². The van der Waals surface area contributed by atoms with E-state index in [2.05, 4.69) is 21.0 Å². The molecule has 1 aromatic heterocycles. The van der Waals surface area contributed by atoms with Crippen LogP contribution in [0.15, 0.2) is 36.5 Å². The molecule has 3 amide bonds. The fraction of sp³-hybridized carbons (Fsp3) is 0.559. The summed E-state index contributed by atoms with van der Waals surface area (Å²) in [6.07, 6.45) is 5.74. The predicted molar refractivity (Wildman–Crippen MR) is 178 cm³/mol. The number of aliphatic hydroxyl groups is 1. The molecule has 46 heavy (non-hydrogen) atoms. The van der Waals surface area contributed by atoms with Crippen LogP contribution in [0.2, 0.25) is 0 Å². The normalized spacial score (nSPS) is 17.9. The van der Waals surface area contributed by atoms with Crippen molar-refractivity contribution in [1.29, 1.82) is 0 Å². The van der Waals surface area contributed by atoms with Crippen molar-refractivity contribution in [3.05, 3.63) is 47.8 Å². The molecule has 4 atom stereocenters. The first-order valence-electron chi connectivity index (χ1n) is 15.7. The summed E-state index contributed by atoms with van der Waals surface area (Å²) in [5, 5.41) is 18.7. The maximum Gasteiger partial charge on any atom is 0.325 e. The van der Waals surface area contributed by atoms with Crippen molar-refractivity contribution in [3.63, 3.8) is 0 Å². The molecule has 3 rings (SSSR count). The topological polar surface area (TPSA) is 150 Å². The molecule has 2 heterocycles. The fourth-order valence-electron chi connectivity index (χ4n) is 4.81. The minimum Gasteiger partial charge on any atom is -0.463 e. The quantitative estimate of drug-likeness (QED) is 0.197. The van der Waals surface area contributed by atoms with Crippen molar-refractivity contribution in [1.82, 2.24) is 26.1 Å². The van der Waals surface area contributed by atoms with E-state index in [0.29, 0.717) is 25.1 Å². The lowest BCUT2D eigenvalue weighted by molar-refractivity contribution is -0.153. The van der Waals surface area contributed by atoms with Gasteiger partial charge < -0.3 is 20.5 Å². The number of nitrogens with zero attached hydrogens (tertiary/aromatic N) is 2. The average molecular weight is 658 g/mol. The maximum atomic E-state index is 13.4. The van der Waals surface area contributed by atoms with E-state index in [4.69, 9.17) is 16.3 Å². The number of nitrogens with one attached hydrogen (secondary N) is 3. The number of rotatable bonds is 12. The lowest BCUT2D eigenvalue weighted by Crippen LogP contribution is -2.61. The van der Waals surface area contributed by atoms with Crippen LogP contribution in [0.1, 0.15) is 85.6 Å². The number of halogens is 1. The van der Waals surface area contributed by atoms with Gasteiger partial charge in [0.15, 0.2) is 0 Å². The van der Waals surface area contributed by atoms with Crippen LogP contribution in [0.4, 0.5) is 0 Å². The van der Waals surface area contributed by atoms with Gasteiger partial charge in [-0.25, -0.2) is 5.43 Å².